The second-order valence-corrected chi connectivity index (χ2v) is 7.24. The van der Waals surface area contributed by atoms with Crippen molar-refractivity contribution in [1.82, 2.24) is 0 Å². The first-order valence-corrected chi connectivity index (χ1v) is 8.90. The fraction of sp³-hybridized carbons (Fsp3) is 0.250. The van der Waals surface area contributed by atoms with E-state index in [1.165, 1.54) is 22.3 Å². The van der Waals surface area contributed by atoms with Gasteiger partial charge < -0.3 is 0 Å². The summed E-state index contributed by atoms with van der Waals surface area (Å²) >= 11 is 0. The largest absolute Gasteiger partial charge is 0.103 e. The summed E-state index contributed by atoms with van der Waals surface area (Å²) in [6, 6.07) is 17.9. The monoisotopic (exact) mass is 312 g/mol. The minimum atomic E-state index is 0.153. The Morgan fingerprint density at radius 2 is 1.46 bits per heavy atom. The van der Waals surface area contributed by atoms with Crippen molar-refractivity contribution in [3.63, 3.8) is 0 Å². The molecule has 0 spiro atoms. The van der Waals surface area contributed by atoms with Gasteiger partial charge >= 0.3 is 0 Å². The molecule has 0 aromatic heterocycles. The van der Waals surface area contributed by atoms with Crippen LogP contribution < -0.4 is 0 Å². The standard InChI is InChI=1S/C24H24/c1-3-4-17-24(2,18-11-5-6-12-18)23-21-15-9-7-13-19(21)20-14-8-10-16-22(20)23/h3,5-16,18,23H,1,4,17H2,2H3. The van der Waals surface area contributed by atoms with E-state index in [4.69, 9.17) is 0 Å². The fourth-order valence-electron chi connectivity index (χ4n) is 4.65. The van der Waals surface area contributed by atoms with E-state index < -0.39 is 0 Å². The quantitative estimate of drug-likeness (QED) is 0.552. The van der Waals surface area contributed by atoms with Gasteiger partial charge in [0.25, 0.3) is 0 Å². The highest BCUT2D eigenvalue weighted by Gasteiger charge is 2.45. The van der Waals surface area contributed by atoms with Crippen molar-refractivity contribution < 1.29 is 0 Å². The van der Waals surface area contributed by atoms with Crippen LogP contribution in [0.25, 0.3) is 11.1 Å². The molecule has 2 aromatic rings. The molecule has 2 aliphatic carbocycles. The summed E-state index contributed by atoms with van der Waals surface area (Å²) in [5.41, 5.74) is 5.95. The molecule has 2 aromatic carbocycles. The molecule has 0 aliphatic heterocycles. The maximum atomic E-state index is 3.97. The predicted molar refractivity (Wildman–Crippen MR) is 103 cm³/mol. The number of rotatable bonds is 5. The van der Waals surface area contributed by atoms with Crippen LogP contribution in [0.4, 0.5) is 0 Å². The molecule has 0 heterocycles. The zero-order valence-electron chi connectivity index (χ0n) is 14.3. The smallest absolute Gasteiger partial charge is 0.0164 e. The molecule has 0 saturated carbocycles. The van der Waals surface area contributed by atoms with Crippen LogP contribution in [0.5, 0.6) is 0 Å². The number of allylic oxidation sites excluding steroid dienone is 5. The van der Waals surface area contributed by atoms with Crippen molar-refractivity contribution in [3.05, 3.63) is 96.6 Å². The molecule has 0 bridgehead atoms. The highest BCUT2D eigenvalue weighted by atomic mass is 14.5. The Kier molecular flexibility index (Phi) is 3.76. The first-order valence-electron chi connectivity index (χ1n) is 8.90. The lowest BCUT2D eigenvalue weighted by Crippen LogP contribution is -2.31. The molecular weight excluding hydrogens is 288 g/mol. The minimum absolute atomic E-state index is 0.153. The van der Waals surface area contributed by atoms with E-state index in [1.54, 1.807) is 0 Å². The van der Waals surface area contributed by atoms with Crippen LogP contribution in [-0.4, -0.2) is 0 Å². The van der Waals surface area contributed by atoms with Crippen molar-refractivity contribution in [2.45, 2.75) is 25.7 Å². The summed E-state index contributed by atoms with van der Waals surface area (Å²) in [5.74, 6) is 0.906. The van der Waals surface area contributed by atoms with Crippen molar-refractivity contribution in [2.24, 2.45) is 11.3 Å². The molecule has 0 nitrogen and oxygen atoms in total. The van der Waals surface area contributed by atoms with Crippen LogP contribution in [0, 0.1) is 11.3 Å². The van der Waals surface area contributed by atoms with Gasteiger partial charge in [-0.15, -0.1) is 6.58 Å². The van der Waals surface area contributed by atoms with Gasteiger partial charge in [0.15, 0.2) is 0 Å². The lowest BCUT2D eigenvalue weighted by Gasteiger charge is -2.41. The fourth-order valence-corrected chi connectivity index (χ4v) is 4.65. The third-order valence-corrected chi connectivity index (χ3v) is 5.89. The molecule has 0 heteroatoms. The molecule has 1 atom stereocenters. The van der Waals surface area contributed by atoms with E-state index in [1.807, 2.05) is 0 Å². The Morgan fingerprint density at radius 3 is 2.00 bits per heavy atom. The van der Waals surface area contributed by atoms with Crippen LogP contribution in [-0.2, 0) is 0 Å². The molecule has 0 amide bonds. The first-order chi connectivity index (χ1) is 11.8. The van der Waals surface area contributed by atoms with E-state index in [-0.39, 0.29) is 5.41 Å². The van der Waals surface area contributed by atoms with E-state index in [2.05, 4.69) is 92.4 Å². The Labute approximate surface area is 145 Å². The summed E-state index contributed by atoms with van der Waals surface area (Å²) in [7, 11) is 0. The highest BCUT2D eigenvalue weighted by molar-refractivity contribution is 5.79. The third kappa shape index (κ3) is 2.21. The lowest BCUT2D eigenvalue weighted by atomic mass is 9.62. The maximum Gasteiger partial charge on any atom is 0.0164 e. The Balaban J connectivity index is 1.90. The van der Waals surface area contributed by atoms with Gasteiger partial charge in [0.1, 0.15) is 0 Å². The Morgan fingerprint density at radius 1 is 0.917 bits per heavy atom. The number of hydrogen-bond acceptors (Lipinski definition) is 0. The Bertz CT molecular complexity index is 766. The van der Waals surface area contributed by atoms with Gasteiger partial charge in [-0.3, -0.25) is 0 Å². The third-order valence-electron chi connectivity index (χ3n) is 5.89. The maximum absolute atomic E-state index is 3.97. The van der Waals surface area contributed by atoms with Gasteiger partial charge in [0.05, 0.1) is 0 Å². The minimum Gasteiger partial charge on any atom is -0.103 e. The van der Waals surface area contributed by atoms with E-state index >= 15 is 0 Å². The van der Waals surface area contributed by atoms with Crippen molar-refractivity contribution in [3.8, 4) is 11.1 Å². The molecule has 4 rings (SSSR count). The van der Waals surface area contributed by atoms with Crippen LogP contribution in [0.2, 0.25) is 0 Å². The van der Waals surface area contributed by atoms with E-state index in [0.29, 0.717) is 11.8 Å². The van der Waals surface area contributed by atoms with E-state index in [0.717, 1.165) is 12.8 Å². The zero-order chi connectivity index (χ0) is 16.6. The Hall–Kier alpha value is -2.34. The van der Waals surface area contributed by atoms with Gasteiger partial charge in [0, 0.05) is 11.8 Å². The zero-order valence-corrected chi connectivity index (χ0v) is 14.3. The average Bonchev–Trinajstić information content (AvgIpc) is 3.26. The topological polar surface area (TPSA) is 0 Å². The second kappa shape index (κ2) is 5.94. The van der Waals surface area contributed by atoms with Crippen molar-refractivity contribution >= 4 is 0 Å². The number of benzene rings is 2. The molecular formula is C24H24. The van der Waals surface area contributed by atoms with Crippen LogP contribution in [0.1, 0.15) is 36.8 Å². The van der Waals surface area contributed by atoms with Crippen molar-refractivity contribution in [2.75, 3.05) is 0 Å². The van der Waals surface area contributed by atoms with Gasteiger partial charge in [-0.05, 0) is 40.5 Å². The normalized spacial score (nSPS) is 18.4. The lowest BCUT2D eigenvalue weighted by molar-refractivity contribution is 0.214. The van der Waals surface area contributed by atoms with Crippen LogP contribution in [0.15, 0.2) is 85.5 Å². The summed E-state index contributed by atoms with van der Waals surface area (Å²) in [6.45, 7) is 6.43. The van der Waals surface area contributed by atoms with Crippen LogP contribution >= 0.6 is 0 Å². The van der Waals surface area contributed by atoms with Gasteiger partial charge in [-0.1, -0.05) is 85.8 Å². The molecule has 120 valence electrons. The summed E-state index contributed by atoms with van der Waals surface area (Å²) in [4.78, 5) is 0. The highest BCUT2D eigenvalue weighted by Crippen LogP contribution is 2.57. The molecule has 2 aliphatic rings. The van der Waals surface area contributed by atoms with Gasteiger partial charge in [-0.2, -0.15) is 0 Å². The molecule has 0 fully saturated rings. The first kappa shape index (κ1) is 15.2. The van der Waals surface area contributed by atoms with Crippen LogP contribution in [0.3, 0.4) is 0 Å². The second-order valence-electron chi connectivity index (χ2n) is 7.24. The average molecular weight is 312 g/mol. The van der Waals surface area contributed by atoms with Crippen molar-refractivity contribution in [1.29, 1.82) is 0 Å². The summed E-state index contributed by atoms with van der Waals surface area (Å²) < 4.78 is 0. The molecule has 1 unspecified atom stereocenters. The summed E-state index contributed by atoms with van der Waals surface area (Å²) in [5, 5.41) is 0. The SMILES string of the molecule is C=CCCC(C)(C1C=CC=C1)C1c2ccccc2-c2ccccc21. The number of hydrogen-bond donors (Lipinski definition) is 0. The molecule has 0 N–H and O–H groups in total. The molecule has 24 heavy (non-hydrogen) atoms. The molecule has 0 radical (unpaired) electrons. The van der Waals surface area contributed by atoms with E-state index in [9.17, 15) is 0 Å². The summed E-state index contributed by atoms with van der Waals surface area (Å²) in [6.07, 6.45) is 13.4. The molecule has 0 saturated heterocycles. The number of fused-ring (bicyclic) bond motifs is 3. The van der Waals surface area contributed by atoms with Gasteiger partial charge in [0.2, 0.25) is 0 Å². The van der Waals surface area contributed by atoms with Gasteiger partial charge in [-0.25, -0.2) is 0 Å². The predicted octanol–water partition coefficient (Wildman–Crippen LogP) is 6.51.